The van der Waals surface area contributed by atoms with Crippen molar-refractivity contribution < 1.29 is 0 Å². The van der Waals surface area contributed by atoms with Crippen LogP contribution in [0.3, 0.4) is 0 Å². The van der Waals surface area contributed by atoms with Crippen LogP contribution in [0.25, 0.3) is 0 Å². The number of halogens is 1. The average Bonchev–Trinajstić information content (AvgIpc) is 3.17. The van der Waals surface area contributed by atoms with Crippen LogP contribution in [-0.2, 0) is 12.1 Å². The van der Waals surface area contributed by atoms with Gasteiger partial charge in [-0.15, -0.1) is 0 Å². The Labute approximate surface area is 114 Å². The number of aryl methyl sites for hydroxylation is 1. The van der Waals surface area contributed by atoms with Crippen molar-refractivity contribution >= 4 is 11.6 Å². The van der Waals surface area contributed by atoms with Gasteiger partial charge >= 0.3 is 0 Å². The van der Waals surface area contributed by atoms with E-state index in [9.17, 15) is 0 Å². The minimum atomic E-state index is 0.0973. The molecule has 3 rings (SSSR count). The van der Waals surface area contributed by atoms with E-state index in [0.29, 0.717) is 0 Å². The van der Waals surface area contributed by atoms with Crippen molar-refractivity contribution in [1.82, 2.24) is 15.1 Å². The lowest BCUT2D eigenvalue weighted by atomic mass is 9.84. The molecule has 1 N–H and O–H groups in total. The van der Waals surface area contributed by atoms with Crippen LogP contribution in [0.2, 0.25) is 5.02 Å². The summed E-state index contributed by atoms with van der Waals surface area (Å²) in [7, 11) is 0. The van der Waals surface area contributed by atoms with Crippen LogP contribution in [0.5, 0.6) is 0 Å². The van der Waals surface area contributed by atoms with E-state index in [1.165, 1.54) is 44.2 Å². The maximum Gasteiger partial charge on any atom is 0.0837 e. The first-order valence-electron chi connectivity index (χ1n) is 7.25. The first kappa shape index (κ1) is 12.5. The lowest BCUT2D eigenvalue weighted by molar-refractivity contribution is 0.257. The molecule has 1 unspecified atom stereocenters. The molecule has 1 aromatic heterocycles. The van der Waals surface area contributed by atoms with Crippen molar-refractivity contribution in [2.24, 2.45) is 5.92 Å². The average molecular weight is 268 g/mol. The molecule has 1 aliphatic carbocycles. The van der Waals surface area contributed by atoms with Crippen molar-refractivity contribution in [3.8, 4) is 0 Å². The number of hydrogen-bond donors (Lipinski definition) is 1. The first-order chi connectivity index (χ1) is 8.78. The molecule has 100 valence electrons. The van der Waals surface area contributed by atoms with E-state index in [1.54, 1.807) is 0 Å². The van der Waals surface area contributed by atoms with Gasteiger partial charge in [-0.2, -0.15) is 5.10 Å². The van der Waals surface area contributed by atoms with Crippen molar-refractivity contribution in [2.45, 2.75) is 57.5 Å². The number of rotatable bonds is 3. The van der Waals surface area contributed by atoms with E-state index >= 15 is 0 Å². The molecule has 18 heavy (non-hydrogen) atoms. The third-order valence-corrected chi connectivity index (χ3v) is 4.76. The molecule has 1 atom stereocenters. The largest absolute Gasteiger partial charge is 0.306 e. The third kappa shape index (κ3) is 1.97. The van der Waals surface area contributed by atoms with Crippen molar-refractivity contribution in [3.63, 3.8) is 0 Å². The van der Waals surface area contributed by atoms with Crippen molar-refractivity contribution in [3.05, 3.63) is 16.9 Å². The molecule has 0 spiro atoms. The summed E-state index contributed by atoms with van der Waals surface area (Å²) in [5.41, 5.74) is 1.34. The summed E-state index contributed by atoms with van der Waals surface area (Å²) >= 11 is 6.45. The summed E-state index contributed by atoms with van der Waals surface area (Å²) in [6, 6.07) is 0. The molecule has 2 fully saturated rings. The van der Waals surface area contributed by atoms with Gasteiger partial charge in [-0.3, -0.25) is 4.68 Å². The van der Waals surface area contributed by atoms with Gasteiger partial charge in [0.2, 0.25) is 0 Å². The maximum absolute atomic E-state index is 6.45. The van der Waals surface area contributed by atoms with Gasteiger partial charge in [-0.25, -0.2) is 0 Å². The Bertz CT molecular complexity index is 415. The summed E-state index contributed by atoms with van der Waals surface area (Å²) in [5.74, 6) is 0.759. The zero-order chi connectivity index (χ0) is 12.6. The summed E-state index contributed by atoms with van der Waals surface area (Å²) < 4.78 is 2.10. The van der Waals surface area contributed by atoms with Crippen LogP contribution in [0.1, 0.15) is 51.1 Å². The van der Waals surface area contributed by atoms with Crippen LogP contribution >= 0.6 is 11.6 Å². The molecule has 2 heterocycles. The van der Waals surface area contributed by atoms with Gasteiger partial charge in [0.25, 0.3) is 0 Å². The molecule has 1 saturated carbocycles. The third-order valence-electron chi connectivity index (χ3n) is 4.48. The Balaban J connectivity index is 2.04. The molecule has 0 radical (unpaired) electrons. The highest BCUT2D eigenvalue weighted by atomic mass is 35.5. The smallest absolute Gasteiger partial charge is 0.0837 e. The van der Waals surface area contributed by atoms with Crippen LogP contribution in [-0.4, -0.2) is 16.3 Å². The standard InChI is InChI=1S/C14H22ClN3/c1-2-18-13(12(15)10-17-18)14(11-6-7-11)8-4-3-5-9-16-14/h10-11,16H,2-9H2,1H3. The fraction of sp³-hybridized carbons (Fsp3) is 0.786. The highest BCUT2D eigenvalue weighted by Crippen LogP contribution is 2.50. The van der Waals surface area contributed by atoms with E-state index in [4.69, 9.17) is 11.6 Å². The molecule has 0 aromatic carbocycles. The van der Waals surface area contributed by atoms with Gasteiger partial charge < -0.3 is 5.32 Å². The van der Waals surface area contributed by atoms with Crippen LogP contribution in [0.4, 0.5) is 0 Å². The summed E-state index contributed by atoms with van der Waals surface area (Å²) in [6.45, 7) is 4.16. The second-order valence-electron chi connectivity index (χ2n) is 5.64. The predicted molar refractivity (Wildman–Crippen MR) is 73.8 cm³/mol. The van der Waals surface area contributed by atoms with Gasteiger partial charge in [0.15, 0.2) is 0 Å². The lowest BCUT2D eigenvalue weighted by Gasteiger charge is -2.35. The first-order valence-corrected chi connectivity index (χ1v) is 7.62. The normalized spacial score (nSPS) is 29.2. The number of hydrogen-bond acceptors (Lipinski definition) is 2. The van der Waals surface area contributed by atoms with Crippen molar-refractivity contribution in [2.75, 3.05) is 6.54 Å². The predicted octanol–water partition coefficient (Wildman–Crippen LogP) is 3.33. The van der Waals surface area contributed by atoms with Crippen molar-refractivity contribution in [1.29, 1.82) is 0 Å². The quantitative estimate of drug-likeness (QED) is 0.910. The Morgan fingerprint density at radius 3 is 3.00 bits per heavy atom. The zero-order valence-corrected chi connectivity index (χ0v) is 11.8. The Morgan fingerprint density at radius 1 is 1.44 bits per heavy atom. The molecule has 1 aromatic rings. The highest BCUT2D eigenvalue weighted by molar-refractivity contribution is 6.31. The van der Waals surface area contributed by atoms with Gasteiger partial charge in [-0.05, 0) is 45.1 Å². The fourth-order valence-corrected chi connectivity index (χ4v) is 3.78. The Morgan fingerprint density at radius 2 is 2.28 bits per heavy atom. The Hall–Kier alpha value is -0.540. The number of aromatic nitrogens is 2. The summed E-state index contributed by atoms with van der Waals surface area (Å²) in [4.78, 5) is 0. The van der Waals surface area contributed by atoms with Crippen LogP contribution < -0.4 is 5.32 Å². The van der Waals surface area contributed by atoms with Gasteiger partial charge in [0.05, 0.1) is 22.5 Å². The summed E-state index contributed by atoms with van der Waals surface area (Å²) in [6.07, 6.45) is 9.61. The van der Waals surface area contributed by atoms with E-state index in [2.05, 4.69) is 22.0 Å². The molecular weight excluding hydrogens is 246 g/mol. The Kier molecular flexibility index (Phi) is 3.37. The minimum Gasteiger partial charge on any atom is -0.306 e. The molecule has 2 aliphatic rings. The van der Waals surface area contributed by atoms with Gasteiger partial charge in [0, 0.05) is 6.54 Å². The molecule has 0 bridgehead atoms. The SMILES string of the molecule is CCn1ncc(Cl)c1C1(C2CC2)CCCCCN1. The number of nitrogens with zero attached hydrogens (tertiary/aromatic N) is 2. The van der Waals surface area contributed by atoms with E-state index in [1.807, 2.05) is 6.20 Å². The maximum atomic E-state index is 6.45. The van der Waals surface area contributed by atoms with Crippen LogP contribution in [0.15, 0.2) is 6.20 Å². The van der Waals surface area contributed by atoms with Gasteiger partial charge in [-0.1, -0.05) is 24.4 Å². The van der Waals surface area contributed by atoms with E-state index < -0.39 is 0 Å². The monoisotopic (exact) mass is 267 g/mol. The molecule has 4 heteroatoms. The minimum absolute atomic E-state index is 0.0973. The fourth-order valence-electron chi connectivity index (χ4n) is 3.47. The second kappa shape index (κ2) is 4.86. The molecule has 3 nitrogen and oxygen atoms in total. The second-order valence-corrected chi connectivity index (χ2v) is 6.05. The molecular formula is C14H22ClN3. The number of nitrogens with one attached hydrogen (secondary N) is 1. The van der Waals surface area contributed by atoms with Crippen LogP contribution in [0, 0.1) is 5.92 Å². The summed E-state index contributed by atoms with van der Waals surface area (Å²) in [5, 5.41) is 9.12. The topological polar surface area (TPSA) is 29.9 Å². The molecule has 0 amide bonds. The molecule has 1 aliphatic heterocycles. The van der Waals surface area contributed by atoms with E-state index in [0.717, 1.165) is 24.0 Å². The highest BCUT2D eigenvalue weighted by Gasteiger charge is 2.49. The zero-order valence-electron chi connectivity index (χ0n) is 11.1. The lowest BCUT2D eigenvalue weighted by Crippen LogP contribution is -2.45. The molecule has 1 saturated heterocycles. The van der Waals surface area contributed by atoms with E-state index in [-0.39, 0.29) is 5.54 Å². The van der Waals surface area contributed by atoms with Gasteiger partial charge in [0.1, 0.15) is 0 Å².